The van der Waals surface area contributed by atoms with Crippen LogP contribution in [0.25, 0.3) is 0 Å². The minimum absolute atomic E-state index is 0.154. The van der Waals surface area contributed by atoms with Crippen molar-refractivity contribution in [1.29, 1.82) is 0 Å². The molecule has 0 aliphatic carbocycles. The lowest BCUT2D eigenvalue weighted by Crippen LogP contribution is -2.51. The number of carbonyl (C=O) groups excluding carboxylic acids is 4. The molecule has 1 aliphatic heterocycles. The predicted octanol–water partition coefficient (Wildman–Crippen LogP) is 5.62. The first-order valence-electron chi connectivity index (χ1n) is 14.6. The van der Waals surface area contributed by atoms with E-state index in [0.29, 0.717) is 31.8 Å². The topological polar surface area (TPSA) is 123 Å². The van der Waals surface area contributed by atoms with Crippen LogP contribution in [-0.4, -0.2) is 53.8 Å². The van der Waals surface area contributed by atoms with Crippen molar-refractivity contribution in [2.45, 2.75) is 71.8 Å². The van der Waals surface area contributed by atoms with Crippen molar-refractivity contribution in [3.05, 3.63) is 87.1 Å². The zero-order valence-electron chi connectivity index (χ0n) is 25.5. The molecule has 3 amide bonds. The molecule has 3 aromatic rings. The fraction of sp³-hybridized carbons (Fsp3) is 0.394. The molecule has 0 fully saturated rings. The van der Waals surface area contributed by atoms with Gasteiger partial charge >= 0.3 is 18.2 Å². The van der Waals surface area contributed by atoms with Gasteiger partial charge in [-0.15, -0.1) is 11.3 Å². The van der Waals surface area contributed by atoms with Crippen molar-refractivity contribution in [3.8, 4) is 0 Å². The molecule has 0 radical (unpaired) electrons. The average molecular weight is 622 g/mol. The van der Waals surface area contributed by atoms with Gasteiger partial charge in [-0.1, -0.05) is 42.5 Å². The average Bonchev–Trinajstić information content (AvgIpc) is 3.37. The van der Waals surface area contributed by atoms with Crippen LogP contribution in [0.2, 0.25) is 0 Å². The van der Waals surface area contributed by atoms with E-state index in [4.69, 9.17) is 14.2 Å². The van der Waals surface area contributed by atoms with Crippen LogP contribution < -0.4 is 10.6 Å². The third kappa shape index (κ3) is 9.84. The van der Waals surface area contributed by atoms with E-state index in [9.17, 15) is 19.2 Å². The van der Waals surface area contributed by atoms with E-state index in [1.54, 1.807) is 68.2 Å². The number of benzene rings is 2. The second kappa shape index (κ2) is 14.9. The van der Waals surface area contributed by atoms with Gasteiger partial charge in [0.15, 0.2) is 0 Å². The quantitative estimate of drug-likeness (QED) is 0.222. The highest BCUT2D eigenvalue weighted by atomic mass is 32.1. The molecule has 0 spiro atoms. The maximum atomic E-state index is 13.8. The summed E-state index contributed by atoms with van der Waals surface area (Å²) in [6, 6.07) is 17.5. The molecule has 0 bridgehead atoms. The van der Waals surface area contributed by atoms with E-state index >= 15 is 0 Å². The minimum Gasteiger partial charge on any atom is -0.466 e. The molecule has 0 unspecified atom stereocenters. The van der Waals surface area contributed by atoms with Gasteiger partial charge in [-0.05, 0) is 69.0 Å². The van der Waals surface area contributed by atoms with Crippen LogP contribution in [0, 0.1) is 0 Å². The van der Waals surface area contributed by atoms with Crippen LogP contribution in [0.4, 0.5) is 15.3 Å². The Hall–Kier alpha value is -4.38. The monoisotopic (exact) mass is 621 g/mol. The smallest absolute Gasteiger partial charge is 0.411 e. The molecular formula is C33H39N3O7S. The fourth-order valence-electron chi connectivity index (χ4n) is 4.73. The summed E-state index contributed by atoms with van der Waals surface area (Å²) >= 11 is 1.57. The molecule has 2 N–H and O–H groups in total. The number of ether oxygens (including phenoxy) is 3. The summed E-state index contributed by atoms with van der Waals surface area (Å²) in [6.45, 7) is 8.42. The van der Waals surface area contributed by atoms with Gasteiger partial charge < -0.3 is 24.4 Å². The summed E-state index contributed by atoms with van der Waals surface area (Å²) in [6.07, 6.45) is -0.172. The van der Waals surface area contributed by atoms with E-state index in [1.807, 2.05) is 36.4 Å². The Morgan fingerprint density at radius 2 is 1.68 bits per heavy atom. The second-order valence-electron chi connectivity index (χ2n) is 11.4. The predicted molar refractivity (Wildman–Crippen MR) is 167 cm³/mol. The number of esters is 1. The first kappa shape index (κ1) is 32.5. The Kier molecular flexibility index (Phi) is 11.0. The molecule has 11 heteroatoms. The second-order valence-corrected chi connectivity index (χ2v) is 12.7. The van der Waals surface area contributed by atoms with Gasteiger partial charge in [0, 0.05) is 35.0 Å². The largest absolute Gasteiger partial charge is 0.466 e. The standard InChI is InChI=1S/C33H39N3O7S/c1-5-41-29(37)19-26-18-24-20-36(16-15-28(24)44-26)30(38)27(35-32(40)43-33(2,3)4)17-22-11-13-25(14-12-22)34-31(39)42-21-23-9-7-6-8-10-23/h6-14,18,27H,5,15-17,19-21H2,1-4H3,(H,34,39)(H,35,40)/t27-/m0/s1. The Morgan fingerprint density at radius 1 is 0.955 bits per heavy atom. The number of thiophene rings is 1. The molecule has 234 valence electrons. The molecule has 4 rings (SSSR count). The molecule has 1 aliphatic rings. The van der Waals surface area contributed by atoms with Gasteiger partial charge in [-0.3, -0.25) is 14.9 Å². The van der Waals surface area contributed by atoms with Crippen LogP contribution in [0.3, 0.4) is 0 Å². The van der Waals surface area contributed by atoms with E-state index in [2.05, 4.69) is 10.6 Å². The van der Waals surface area contributed by atoms with Crippen molar-refractivity contribution in [2.75, 3.05) is 18.5 Å². The van der Waals surface area contributed by atoms with Crippen LogP contribution in [-0.2, 0) is 56.2 Å². The SMILES string of the molecule is CCOC(=O)Cc1cc2c(s1)CCN(C(=O)[C@H](Cc1ccc(NC(=O)OCc3ccccc3)cc1)NC(=O)OC(C)(C)C)C2. The summed E-state index contributed by atoms with van der Waals surface area (Å²) in [7, 11) is 0. The highest BCUT2D eigenvalue weighted by molar-refractivity contribution is 7.12. The summed E-state index contributed by atoms with van der Waals surface area (Å²) < 4.78 is 15.8. The number of nitrogens with zero attached hydrogens (tertiary/aromatic N) is 1. The number of nitrogens with one attached hydrogen (secondary N) is 2. The lowest BCUT2D eigenvalue weighted by molar-refractivity contribution is -0.142. The number of hydrogen-bond acceptors (Lipinski definition) is 8. The molecule has 44 heavy (non-hydrogen) atoms. The van der Waals surface area contributed by atoms with Crippen molar-refractivity contribution in [2.24, 2.45) is 0 Å². The lowest BCUT2D eigenvalue weighted by atomic mass is 10.0. The third-order valence-electron chi connectivity index (χ3n) is 6.70. The zero-order valence-corrected chi connectivity index (χ0v) is 26.3. The molecular weight excluding hydrogens is 582 g/mol. The summed E-state index contributed by atoms with van der Waals surface area (Å²) in [5, 5.41) is 5.47. The van der Waals surface area contributed by atoms with E-state index in [-0.39, 0.29) is 31.3 Å². The van der Waals surface area contributed by atoms with Crippen molar-refractivity contribution in [1.82, 2.24) is 10.2 Å². The third-order valence-corrected chi connectivity index (χ3v) is 7.93. The van der Waals surface area contributed by atoms with Crippen molar-refractivity contribution >= 4 is 41.1 Å². The summed E-state index contributed by atoms with van der Waals surface area (Å²) in [5.74, 6) is -0.503. The first-order chi connectivity index (χ1) is 21.0. The lowest BCUT2D eigenvalue weighted by Gasteiger charge is -2.31. The number of rotatable bonds is 10. The van der Waals surface area contributed by atoms with Gasteiger partial charge in [0.25, 0.3) is 0 Å². The summed E-state index contributed by atoms with van der Waals surface area (Å²) in [4.78, 5) is 54.5. The van der Waals surface area contributed by atoms with Crippen molar-refractivity contribution < 1.29 is 33.4 Å². The maximum Gasteiger partial charge on any atom is 0.411 e. The number of hydrogen-bond donors (Lipinski definition) is 2. The zero-order chi connectivity index (χ0) is 31.7. The van der Waals surface area contributed by atoms with Crippen molar-refractivity contribution in [3.63, 3.8) is 0 Å². The highest BCUT2D eigenvalue weighted by Gasteiger charge is 2.31. The summed E-state index contributed by atoms with van der Waals surface area (Å²) in [5.41, 5.74) is 2.47. The Balaban J connectivity index is 1.41. The number of carbonyl (C=O) groups is 4. The van der Waals surface area contributed by atoms with Crippen LogP contribution >= 0.6 is 11.3 Å². The van der Waals surface area contributed by atoms with E-state index < -0.39 is 23.8 Å². The maximum absolute atomic E-state index is 13.8. The molecule has 0 saturated carbocycles. The van der Waals surface area contributed by atoms with Gasteiger partial charge in [0.05, 0.1) is 13.0 Å². The van der Waals surface area contributed by atoms with Crippen LogP contribution in [0.5, 0.6) is 0 Å². The van der Waals surface area contributed by atoms with Gasteiger partial charge in [0.2, 0.25) is 5.91 Å². The van der Waals surface area contributed by atoms with Gasteiger partial charge in [-0.25, -0.2) is 9.59 Å². The minimum atomic E-state index is -0.876. The molecule has 2 heterocycles. The molecule has 1 atom stereocenters. The number of fused-ring (bicyclic) bond motifs is 1. The molecule has 10 nitrogen and oxygen atoms in total. The van der Waals surface area contributed by atoms with Crippen LogP contribution in [0.1, 0.15) is 54.1 Å². The Bertz CT molecular complexity index is 1450. The number of amides is 3. The van der Waals surface area contributed by atoms with Gasteiger partial charge in [-0.2, -0.15) is 0 Å². The number of alkyl carbamates (subject to hydrolysis) is 1. The van der Waals surface area contributed by atoms with Gasteiger partial charge in [0.1, 0.15) is 18.2 Å². The fourth-order valence-corrected chi connectivity index (χ4v) is 5.89. The molecule has 1 aromatic heterocycles. The first-order valence-corrected chi connectivity index (χ1v) is 15.4. The van der Waals surface area contributed by atoms with E-state index in [0.717, 1.165) is 26.4 Å². The van der Waals surface area contributed by atoms with Crippen LogP contribution in [0.15, 0.2) is 60.7 Å². The highest BCUT2D eigenvalue weighted by Crippen LogP contribution is 2.29. The Morgan fingerprint density at radius 3 is 2.36 bits per heavy atom. The normalized spacial score (nSPS) is 13.3. The Labute approximate surface area is 261 Å². The number of anilines is 1. The molecule has 0 saturated heterocycles. The van der Waals surface area contributed by atoms with E-state index in [1.165, 1.54) is 0 Å². The molecule has 2 aromatic carbocycles.